The molecule has 18 heavy (non-hydrogen) atoms. The summed E-state index contributed by atoms with van der Waals surface area (Å²) >= 11 is 1.72. The molecule has 0 atom stereocenters. The van der Waals surface area contributed by atoms with E-state index in [0.29, 0.717) is 18.2 Å². The minimum absolute atomic E-state index is 0.497. The van der Waals surface area contributed by atoms with Crippen LogP contribution in [0, 0.1) is 0 Å². The molecule has 0 aliphatic carbocycles. The Morgan fingerprint density at radius 3 is 3.00 bits per heavy atom. The summed E-state index contributed by atoms with van der Waals surface area (Å²) < 4.78 is 1.27. The highest BCUT2D eigenvalue weighted by atomic mass is 32.1. The van der Waals surface area contributed by atoms with Crippen LogP contribution < -0.4 is 11.1 Å². The Kier molecular flexibility index (Phi) is 2.82. The van der Waals surface area contributed by atoms with Crippen LogP contribution in [0.3, 0.4) is 0 Å². The molecule has 0 spiro atoms. The number of thiophene rings is 1. The van der Waals surface area contributed by atoms with Crippen molar-refractivity contribution in [2.24, 2.45) is 0 Å². The van der Waals surface area contributed by atoms with Crippen molar-refractivity contribution in [1.29, 1.82) is 0 Å². The van der Waals surface area contributed by atoms with Gasteiger partial charge in [-0.05, 0) is 12.1 Å². The highest BCUT2D eigenvalue weighted by molar-refractivity contribution is 7.17. The SMILES string of the molecule is Nc1ccnc(CNc2csc3ccccc23)n1. The van der Waals surface area contributed by atoms with E-state index in [2.05, 4.69) is 32.8 Å². The van der Waals surface area contributed by atoms with E-state index in [1.165, 1.54) is 10.1 Å². The molecule has 3 rings (SSSR count). The van der Waals surface area contributed by atoms with E-state index in [1.807, 2.05) is 12.1 Å². The first kappa shape index (κ1) is 11.0. The molecule has 0 radical (unpaired) electrons. The van der Waals surface area contributed by atoms with Crippen molar-refractivity contribution in [3.63, 3.8) is 0 Å². The fraction of sp³-hybridized carbons (Fsp3) is 0.0769. The van der Waals surface area contributed by atoms with Gasteiger partial charge in [0.15, 0.2) is 0 Å². The Morgan fingerprint density at radius 1 is 1.22 bits per heavy atom. The van der Waals surface area contributed by atoms with Crippen LogP contribution in [0.15, 0.2) is 41.9 Å². The third kappa shape index (κ3) is 2.12. The highest BCUT2D eigenvalue weighted by Gasteiger charge is 2.03. The minimum atomic E-state index is 0.497. The molecule has 0 aliphatic heterocycles. The summed E-state index contributed by atoms with van der Waals surface area (Å²) in [5.41, 5.74) is 6.73. The minimum Gasteiger partial charge on any atom is -0.384 e. The molecule has 0 unspecified atom stereocenters. The van der Waals surface area contributed by atoms with E-state index in [1.54, 1.807) is 23.6 Å². The van der Waals surface area contributed by atoms with Gasteiger partial charge in [0, 0.05) is 21.7 Å². The summed E-state index contributed by atoms with van der Waals surface area (Å²) in [6, 6.07) is 9.99. The predicted molar refractivity (Wildman–Crippen MR) is 75.6 cm³/mol. The Hall–Kier alpha value is -2.14. The van der Waals surface area contributed by atoms with Crippen LogP contribution in [0.2, 0.25) is 0 Å². The molecule has 0 bridgehead atoms. The molecule has 2 aromatic heterocycles. The van der Waals surface area contributed by atoms with Gasteiger partial charge in [-0.15, -0.1) is 11.3 Å². The first-order valence-corrected chi connectivity index (χ1v) is 6.48. The summed E-state index contributed by atoms with van der Waals surface area (Å²) in [6.45, 7) is 0.575. The zero-order valence-electron chi connectivity index (χ0n) is 9.63. The van der Waals surface area contributed by atoms with E-state index < -0.39 is 0 Å². The number of rotatable bonds is 3. The lowest BCUT2D eigenvalue weighted by Crippen LogP contribution is -2.05. The summed E-state index contributed by atoms with van der Waals surface area (Å²) in [6.07, 6.45) is 1.67. The van der Waals surface area contributed by atoms with Crippen molar-refractivity contribution in [3.05, 3.63) is 47.7 Å². The van der Waals surface area contributed by atoms with Crippen molar-refractivity contribution in [3.8, 4) is 0 Å². The van der Waals surface area contributed by atoms with Gasteiger partial charge < -0.3 is 11.1 Å². The van der Waals surface area contributed by atoms with Gasteiger partial charge in [-0.25, -0.2) is 9.97 Å². The second-order valence-electron chi connectivity index (χ2n) is 3.90. The Bertz CT molecular complexity index is 677. The first-order valence-electron chi connectivity index (χ1n) is 5.60. The number of nitrogens with zero attached hydrogens (tertiary/aromatic N) is 2. The van der Waals surface area contributed by atoms with E-state index in [-0.39, 0.29) is 0 Å². The van der Waals surface area contributed by atoms with Crippen LogP contribution in [0.1, 0.15) is 5.82 Å². The van der Waals surface area contributed by atoms with Crippen LogP contribution in [0.4, 0.5) is 11.5 Å². The van der Waals surface area contributed by atoms with Gasteiger partial charge >= 0.3 is 0 Å². The zero-order chi connectivity index (χ0) is 12.4. The molecule has 0 fully saturated rings. The highest BCUT2D eigenvalue weighted by Crippen LogP contribution is 2.29. The van der Waals surface area contributed by atoms with Crippen molar-refractivity contribution in [2.45, 2.75) is 6.54 Å². The number of nitrogen functional groups attached to an aromatic ring is 1. The molecule has 0 saturated carbocycles. The molecule has 0 aliphatic rings. The lowest BCUT2D eigenvalue weighted by atomic mass is 10.2. The Labute approximate surface area is 109 Å². The number of fused-ring (bicyclic) bond motifs is 1. The fourth-order valence-electron chi connectivity index (χ4n) is 1.79. The molecule has 0 amide bonds. The molecule has 90 valence electrons. The maximum Gasteiger partial charge on any atom is 0.149 e. The Balaban J connectivity index is 1.81. The summed E-state index contributed by atoms with van der Waals surface area (Å²) in [5.74, 6) is 1.20. The van der Waals surface area contributed by atoms with Gasteiger partial charge in [-0.3, -0.25) is 0 Å². The van der Waals surface area contributed by atoms with Gasteiger partial charge in [0.2, 0.25) is 0 Å². The summed E-state index contributed by atoms with van der Waals surface area (Å²) in [7, 11) is 0. The second kappa shape index (κ2) is 4.62. The van der Waals surface area contributed by atoms with Gasteiger partial charge in [0.05, 0.1) is 12.2 Å². The van der Waals surface area contributed by atoms with Crippen molar-refractivity contribution in [1.82, 2.24) is 9.97 Å². The lowest BCUT2D eigenvalue weighted by Gasteiger charge is -2.04. The number of hydrogen-bond acceptors (Lipinski definition) is 5. The Morgan fingerprint density at radius 2 is 2.11 bits per heavy atom. The van der Waals surface area contributed by atoms with E-state index >= 15 is 0 Å². The average molecular weight is 256 g/mol. The maximum absolute atomic E-state index is 5.62. The molecular weight excluding hydrogens is 244 g/mol. The van der Waals surface area contributed by atoms with Crippen LogP contribution >= 0.6 is 11.3 Å². The van der Waals surface area contributed by atoms with Gasteiger partial charge in [-0.2, -0.15) is 0 Å². The largest absolute Gasteiger partial charge is 0.384 e. The fourth-order valence-corrected chi connectivity index (χ4v) is 2.71. The predicted octanol–water partition coefficient (Wildman–Crippen LogP) is 2.89. The maximum atomic E-state index is 5.62. The van der Waals surface area contributed by atoms with Crippen molar-refractivity contribution >= 4 is 32.9 Å². The molecule has 2 heterocycles. The number of nitrogens with one attached hydrogen (secondary N) is 1. The normalized spacial score (nSPS) is 10.7. The number of hydrogen-bond donors (Lipinski definition) is 2. The van der Waals surface area contributed by atoms with Crippen LogP contribution in [0.5, 0.6) is 0 Å². The lowest BCUT2D eigenvalue weighted by molar-refractivity contribution is 0.956. The van der Waals surface area contributed by atoms with Crippen LogP contribution in [-0.4, -0.2) is 9.97 Å². The quantitative estimate of drug-likeness (QED) is 0.756. The molecule has 3 N–H and O–H groups in total. The average Bonchev–Trinajstić information content (AvgIpc) is 2.80. The van der Waals surface area contributed by atoms with Gasteiger partial charge in [-0.1, -0.05) is 18.2 Å². The van der Waals surface area contributed by atoms with E-state index in [0.717, 1.165) is 5.69 Å². The molecule has 5 heteroatoms. The van der Waals surface area contributed by atoms with E-state index in [9.17, 15) is 0 Å². The smallest absolute Gasteiger partial charge is 0.149 e. The number of aromatic nitrogens is 2. The van der Waals surface area contributed by atoms with Gasteiger partial charge in [0.25, 0.3) is 0 Å². The number of anilines is 2. The molecule has 3 aromatic rings. The zero-order valence-corrected chi connectivity index (χ0v) is 10.4. The third-order valence-corrected chi connectivity index (χ3v) is 3.61. The summed E-state index contributed by atoms with van der Waals surface area (Å²) in [5, 5.41) is 6.68. The van der Waals surface area contributed by atoms with Gasteiger partial charge in [0.1, 0.15) is 11.6 Å². The van der Waals surface area contributed by atoms with Crippen molar-refractivity contribution in [2.75, 3.05) is 11.1 Å². The van der Waals surface area contributed by atoms with Crippen LogP contribution in [0.25, 0.3) is 10.1 Å². The molecule has 1 aromatic carbocycles. The first-order chi connectivity index (χ1) is 8.83. The van der Waals surface area contributed by atoms with Crippen LogP contribution in [-0.2, 0) is 6.54 Å². The number of nitrogens with two attached hydrogens (primary N) is 1. The molecule has 4 nitrogen and oxygen atoms in total. The number of benzene rings is 1. The topological polar surface area (TPSA) is 63.8 Å². The summed E-state index contributed by atoms with van der Waals surface area (Å²) in [4.78, 5) is 8.33. The molecule has 0 saturated heterocycles. The third-order valence-electron chi connectivity index (χ3n) is 2.64. The van der Waals surface area contributed by atoms with Crippen molar-refractivity contribution < 1.29 is 0 Å². The standard InChI is InChI=1S/C13H12N4S/c14-12-5-6-15-13(17-12)7-16-10-8-18-11-4-2-1-3-9(10)11/h1-6,8,16H,7H2,(H2,14,15,17). The monoisotopic (exact) mass is 256 g/mol. The molecular formula is C13H12N4S. The van der Waals surface area contributed by atoms with E-state index in [4.69, 9.17) is 5.73 Å². The second-order valence-corrected chi connectivity index (χ2v) is 4.81.